The minimum absolute atomic E-state index is 0.474. The van der Waals surface area contributed by atoms with E-state index in [0.717, 1.165) is 102 Å². The Morgan fingerprint density at radius 1 is 0.198 bits per heavy atom. The Balaban J connectivity index is 1.07. The number of hydrogen-bond donors (Lipinski definition) is 0. The third-order valence-corrected chi connectivity index (χ3v) is 17.8. The summed E-state index contributed by atoms with van der Waals surface area (Å²) < 4.78 is 35.1. The smallest absolute Gasteiger partial charge is 0.119 e. The van der Waals surface area contributed by atoms with Crippen LogP contribution in [0.25, 0.3) is 0 Å². The monoisotopic (exact) mass is 1390 g/mol. The van der Waals surface area contributed by atoms with Gasteiger partial charge in [-0.1, -0.05) is 0 Å². The van der Waals surface area contributed by atoms with Crippen molar-refractivity contribution in [2.24, 2.45) is 0 Å². The fourth-order valence-corrected chi connectivity index (χ4v) is 12.7. The van der Waals surface area contributed by atoms with E-state index in [2.05, 4.69) is 139 Å². The lowest BCUT2D eigenvalue weighted by Crippen LogP contribution is -2.17. The molecule has 0 bridgehead atoms. The number of anilines is 18. The lowest BCUT2D eigenvalue weighted by atomic mass is 10.1. The Kier molecular flexibility index (Phi) is 21.3. The average Bonchev–Trinajstić information content (AvgIpc) is 0.764. The fraction of sp³-hybridized carbons (Fsp3) is 0.0889. The lowest BCUT2D eigenvalue weighted by Gasteiger charge is -2.34. The zero-order chi connectivity index (χ0) is 73.5. The second-order valence-corrected chi connectivity index (χ2v) is 24.2. The summed E-state index contributed by atoms with van der Waals surface area (Å²) in [6.07, 6.45) is 0. The van der Waals surface area contributed by atoms with E-state index in [1.807, 2.05) is 232 Å². The molecule has 0 N–H and O–H groups in total. The molecule has 13 aromatic rings. The molecule has 106 heavy (non-hydrogen) atoms. The number of benzene rings is 13. The zero-order valence-corrected chi connectivity index (χ0v) is 59.2. The largest absolute Gasteiger partial charge is 0.497 e. The number of rotatable bonds is 26. The molecule has 0 radical (unpaired) electrons. The summed E-state index contributed by atoms with van der Waals surface area (Å²) in [5.41, 5.74) is 16.2. The number of nitrogens with zero attached hydrogens (tertiary/aromatic N) is 10. The number of hydrogen-bond acceptors (Lipinski definition) is 16. The molecular formula is C90H72N10O6. The summed E-state index contributed by atoms with van der Waals surface area (Å²) >= 11 is 0. The minimum Gasteiger partial charge on any atom is -0.497 e. The van der Waals surface area contributed by atoms with Crippen LogP contribution in [0.4, 0.5) is 102 Å². The minimum atomic E-state index is 0.474. The van der Waals surface area contributed by atoms with Crippen LogP contribution in [-0.2, 0) is 0 Å². The normalized spacial score (nSPS) is 10.6. The molecule has 13 rings (SSSR count). The fourth-order valence-electron chi connectivity index (χ4n) is 12.7. The molecule has 0 heterocycles. The van der Waals surface area contributed by atoms with Crippen LogP contribution in [0.1, 0.15) is 36.1 Å². The first-order chi connectivity index (χ1) is 52.0. The Labute approximate surface area is 617 Å². The third kappa shape index (κ3) is 15.3. The van der Waals surface area contributed by atoms with Crippen LogP contribution in [-0.4, -0.2) is 41.7 Å². The van der Waals surface area contributed by atoms with E-state index in [-0.39, 0.29) is 0 Å². The summed E-state index contributed by atoms with van der Waals surface area (Å²) in [6.45, 7) is 4.88. The van der Waals surface area contributed by atoms with E-state index in [0.29, 0.717) is 70.0 Å². The molecule has 0 aromatic heterocycles. The van der Waals surface area contributed by atoms with Crippen molar-refractivity contribution in [1.82, 2.24) is 0 Å². The summed E-state index contributed by atoms with van der Waals surface area (Å²) in [6, 6.07) is 108. The molecule has 0 spiro atoms. The van der Waals surface area contributed by atoms with Crippen LogP contribution in [0.2, 0.25) is 0 Å². The Hall–Kier alpha value is -14.6. The van der Waals surface area contributed by atoms with Gasteiger partial charge in [-0.25, -0.2) is 0 Å². The molecule has 0 saturated carbocycles. The SMILES string of the molecule is CCOc1ccc(N(c2ccc(N(c3ccc(OCC)cc3)c3cc(N(c4ccc(C#N)cc4)c4ccc(OC)cc4)cc(N(c4ccc(C#N)cc4)c4ccc(OC)cc4)c3)cc2)c2cc(N(c3ccc(C#N)cc3)c3ccc(OC)cc3)cc(N(c3ccc(C#N)cc3)c3ccc(OC)cc3)c2)cc1. The summed E-state index contributed by atoms with van der Waals surface area (Å²) in [5, 5.41) is 40.4. The first kappa shape index (κ1) is 69.9. The van der Waals surface area contributed by atoms with Gasteiger partial charge in [0.2, 0.25) is 0 Å². The maximum atomic E-state index is 10.1. The van der Waals surface area contributed by atoms with Crippen molar-refractivity contribution >= 4 is 102 Å². The topological polar surface area (TPSA) is 170 Å². The van der Waals surface area contributed by atoms with Crippen molar-refractivity contribution in [3.8, 4) is 58.8 Å². The molecule has 0 aliphatic heterocycles. The highest BCUT2D eigenvalue weighted by atomic mass is 16.5. The molecule has 16 heteroatoms. The van der Waals surface area contributed by atoms with Gasteiger partial charge in [-0.05, 0) is 317 Å². The summed E-state index contributed by atoms with van der Waals surface area (Å²) in [5.74, 6) is 4.14. The molecule has 518 valence electrons. The van der Waals surface area contributed by atoms with Gasteiger partial charge in [0, 0.05) is 68.2 Å². The first-order valence-electron chi connectivity index (χ1n) is 34.3. The summed E-state index contributed by atoms with van der Waals surface area (Å²) in [7, 11) is 6.57. The van der Waals surface area contributed by atoms with Gasteiger partial charge < -0.3 is 57.8 Å². The highest BCUT2D eigenvalue weighted by Crippen LogP contribution is 2.50. The molecule has 0 unspecified atom stereocenters. The van der Waals surface area contributed by atoms with E-state index in [4.69, 9.17) is 28.4 Å². The maximum Gasteiger partial charge on any atom is 0.119 e. The van der Waals surface area contributed by atoms with Crippen molar-refractivity contribution in [3.63, 3.8) is 0 Å². The van der Waals surface area contributed by atoms with Gasteiger partial charge in [-0.2, -0.15) is 21.0 Å². The van der Waals surface area contributed by atoms with Gasteiger partial charge in [0.15, 0.2) is 0 Å². The molecule has 0 aliphatic carbocycles. The number of methoxy groups -OCH3 is 4. The average molecular weight is 1390 g/mol. The molecule has 16 nitrogen and oxygen atoms in total. The van der Waals surface area contributed by atoms with Crippen LogP contribution >= 0.6 is 0 Å². The second-order valence-electron chi connectivity index (χ2n) is 24.2. The van der Waals surface area contributed by atoms with Gasteiger partial charge in [-0.3, -0.25) is 0 Å². The third-order valence-electron chi connectivity index (χ3n) is 17.8. The highest BCUT2D eigenvalue weighted by Gasteiger charge is 2.27. The quantitative estimate of drug-likeness (QED) is 0.0501. The predicted octanol–water partition coefficient (Wildman–Crippen LogP) is 22.8. The van der Waals surface area contributed by atoms with Crippen molar-refractivity contribution in [2.75, 3.05) is 71.1 Å². The van der Waals surface area contributed by atoms with Crippen LogP contribution in [0, 0.1) is 45.3 Å². The van der Waals surface area contributed by atoms with Crippen molar-refractivity contribution < 1.29 is 28.4 Å². The van der Waals surface area contributed by atoms with Gasteiger partial charge in [0.1, 0.15) is 34.5 Å². The number of ether oxygens (including phenoxy) is 6. The van der Waals surface area contributed by atoms with E-state index < -0.39 is 0 Å². The number of nitriles is 4. The summed E-state index contributed by atoms with van der Waals surface area (Å²) in [4.78, 5) is 13.1. The van der Waals surface area contributed by atoms with Crippen LogP contribution in [0.3, 0.4) is 0 Å². The van der Waals surface area contributed by atoms with Crippen molar-refractivity contribution in [2.45, 2.75) is 13.8 Å². The molecular weight excluding hydrogens is 1320 g/mol. The molecule has 0 saturated heterocycles. The predicted molar refractivity (Wildman–Crippen MR) is 422 cm³/mol. The van der Waals surface area contributed by atoms with Gasteiger partial charge in [0.05, 0.1) is 122 Å². The maximum absolute atomic E-state index is 10.1. The molecule has 0 amide bonds. The second kappa shape index (κ2) is 32.4. The van der Waals surface area contributed by atoms with Crippen LogP contribution < -0.4 is 57.8 Å². The standard InChI is InChI=1S/C90H72N10O6/c1-7-105-89-49-37-77(38-50-89)99(83-55-79(95(67-17-9-63(59-91)10-18-67)73-29-41-85(101-3)42-30-73)53-80(56-83)96(68-19-11-64(60-92)12-20-68)74-31-43-86(102-4)44-32-74)71-25-27-72(28-26-71)100(78-39-51-90(52-40-78)106-8-2)84-57-81(97(69-21-13-65(61-93)14-22-69)75-33-45-87(103-5)46-34-75)54-82(58-84)98(70-23-15-66(62-94)16-24-70)76-35-47-88(104-6)48-36-76/h9-58H,7-8H2,1-6H3. The van der Waals surface area contributed by atoms with E-state index in [1.54, 1.807) is 28.4 Å². The zero-order valence-electron chi connectivity index (χ0n) is 59.2. The molecule has 0 aliphatic rings. The van der Waals surface area contributed by atoms with Gasteiger partial charge in [-0.15, -0.1) is 0 Å². The van der Waals surface area contributed by atoms with Crippen molar-refractivity contribution in [3.05, 3.63) is 326 Å². The Bertz CT molecular complexity index is 4740. The Morgan fingerprint density at radius 2 is 0.330 bits per heavy atom. The molecule has 13 aromatic carbocycles. The van der Waals surface area contributed by atoms with Gasteiger partial charge in [0.25, 0.3) is 0 Å². The highest BCUT2D eigenvalue weighted by molar-refractivity contribution is 5.93. The molecule has 0 atom stereocenters. The van der Waals surface area contributed by atoms with Crippen molar-refractivity contribution in [1.29, 1.82) is 21.0 Å². The first-order valence-corrected chi connectivity index (χ1v) is 34.3. The Morgan fingerprint density at radius 3 is 0.462 bits per heavy atom. The van der Waals surface area contributed by atoms with E-state index in [1.165, 1.54) is 0 Å². The van der Waals surface area contributed by atoms with Gasteiger partial charge >= 0.3 is 0 Å². The van der Waals surface area contributed by atoms with E-state index >= 15 is 0 Å². The van der Waals surface area contributed by atoms with Crippen LogP contribution in [0.15, 0.2) is 303 Å². The lowest BCUT2D eigenvalue weighted by molar-refractivity contribution is 0.340. The van der Waals surface area contributed by atoms with Crippen LogP contribution in [0.5, 0.6) is 34.5 Å². The van der Waals surface area contributed by atoms with E-state index in [9.17, 15) is 21.0 Å². The molecule has 0 fully saturated rings.